The molecule has 1 aromatic rings. The van der Waals surface area contributed by atoms with Crippen molar-refractivity contribution in [2.24, 2.45) is 17.3 Å². The number of hydrogen-bond donors (Lipinski definition) is 4. The highest BCUT2D eigenvalue weighted by atomic mass is 16.3. The van der Waals surface area contributed by atoms with Crippen molar-refractivity contribution in [1.82, 2.24) is 0 Å². The Balaban J connectivity index is 1.77. The van der Waals surface area contributed by atoms with Crippen molar-refractivity contribution in [1.29, 1.82) is 0 Å². The third kappa shape index (κ3) is 1.77. The molecule has 2 saturated carbocycles. The van der Waals surface area contributed by atoms with Crippen LogP contribution in [0.4, 0.5) is 0 Å². The SMILES string of the molecule is C#C[C@]1(O)[C@H](O)C[C@H]2[C@H]3CCc4cc(O)cc(O)c4[C@H]3CC[C@@]21C. The van der Waals surface area contributed by atoms with Crippen LogP contribution >= 0.6 is 0 Å². The molecule has 0 aromatic heterocycles. The summed E-state index contributed by atoms with van der Waals surface area (Å²) in [7, 11) is 0. The quantitative estimate of drug-likeness (QED) is 0.551. The predicted octanol–water partition coefficient (Wildman–Crippen LogP) is 2.29. The summed E-state index contributed by atoms with van der Waals surface area (Å²) in [4.78, 5) is 0. The van der Waals surface area contributed by atoms with E-state index in [0.29, 0.717) is 6.42 Å². The number of fused-ring (bicyclic) bond motifs is 5. The average Bonchev–Trinajstić information content (AvgIpc) is 2.75. The Morgan fingerprint density at radius 2 is 2.00 bits per heavy atom. The Kier molecular flexibility index (Phi) is 3.23. The highest BCUT2D eigenvalue weighted by molar-refractivity contribution is 5.49. The van der Waals surface area contributed by atoms with E-state index in [1.165, 1.54) is 6.07 Å². The molecule has 4 rings (SSSR count). The monoisotopic (exact) mass is 328 g/mol. The zero-order chi connectivity index (χ0) is 17.3. The van der Waals surface area contributed by atoms with Crippen molar-refractivity contribution in [3.63, 3.8) is 0 Å². The summed E-state index contributed by atoms with van der Waals surface area (Å²) in [5, 5.41) is 41.5. The molecule has 2 fully saturated rings. The summed E-state index contributed by atoms with van der Waals surface area (Å²) in [6.07, 6.45) is 8.47. The maximum Gasteiger partial charge on any atom is 0.156 e. The number of aromatic hydroxyl groups is 2. The zero-order valence-electron chi connectivity index (χ0n) is 13.9. The zero-order valence-corrected chi connectivity index (χ0v) is 13.9. The molecule has 0 aliphatic heterocycles. The second-order valence-electron chi connectivity index (χ2n) is 8.07. The molecule has 0 spiro atoms. The van der Waals surface area contributed by atoms with Crippen LogP contribution in [-0.2, 0) is 6.42 Å². The van der Waals surface area contributed by atoms with Gasteiger partial charge in [0, 0.05) is 17.0 Å². The lowest BCUT2D eigenvalue weighted by Crippen LogP contribution is -2.53. The first-order chi connectivity index (χ1) is 11.3. The van der Waals surface area contributed by atoms with Crippen molar-refractivity contribution in [2.45, 2.75) is 56.7 Å². The van der Waals surface area contributed by atoms with Gasteiger partial charge in [-0.15, -0.1) is 6.42 Å². The minimum atomic E-state index is -1.47. The van der Waals surface area contributed by atoms with E-state index < -0.39 is 17.1 Å². The van der Waals surface area contributed by atoms with Crippen molar-refractivity contribution in [3.05, 3.63) is 23.3 Å². The molecular formula is C20H24O4. The van der Waals surface area contributed by atoms with Gasteiger partial charge >= 0.3 is 0 Å². The minimum absolute atomic E-state index is 0.100. The lowest BCUT2D eigenvalue weighted by atomic mass is 9.53. The van der Waals surface area contributed by atoms with Crippen LogP contribution in [0.5, 0.6) is 11.5 Å². The maximum atomic E-state index is 10.9. The smallest absolute Gasteiger partial charge is 0.156 e. The average molecular weight is 328 g/mol. The molecule has 6 atom stereocenters. The number of rotatable bonds is 0. The summed E-state index contributed by atoms with van der Waals surface area (Å²) < 4.78 is 0. The molecule has 0 heterocycles. The summed E-state index contributed by atoms with van der Waals surface area (Å²) in [6, 6.07) is 3.16. The first kappa shape index (κ1) is 15.8. The number of phenols is 2. The molecule has 4 N–H and O–H groups in total. The normalized spacial score (nSPS) is 43.4. The highest BCUT2D eigenvalue weighted by Gasteiger charge is 2.65. The number of phenolic OH excluding ortho intramolecular Hbond substituents is 2. The Morgan fingerprint density at radius 1 is 1.25 bits per heavy atom. The Labute approximate surface area is 142 Å². The van der Waals surface area contributed by atoms with Gasteiger partial charge in [0.05, 0.1) is 6.10 Å². The van der Waals surface area contributed by atoms with E-state index in [0.717, 1.165) is 36.8 Å². The Morgan fingerprint density at radius 3 is 2.71 bits per heavy atom. The number of aryl methyl sites for hydroxylation is 1. The molecule has 0 bridgehead atoms. The largest absolute Gasteiger partial charge is 0.508 e. The lowest BCUT2D eigenvalue weighted by Gasteiger charge is -2.51. The van der Waals surface area contributed by atoms with Gasteiger partial charge in [-0.3, -0.25) is 0 Å². The minimum Gasteiger partial charge on any atom is -0.508 e. The van der Waals surface area contributed by atoms with E-state index in [-0.39, 0.29) is 29.3 Å². The molecule has 4 heteroatoms. The summed E-state index contributed by atoms with van der Waals surface area (Å²) >= 11 is 0. The third-order valence-corrected chi connectivity index (χ3v) is 7.22. The van der Waals surface area contributed by atoms with E-state index >= 15 is 0 Å². The second kappa shape index (κ2) is 4.91. The fourth-order valence-electron chi connectivity index (χ4n) is 5.97. The number of aliphatic hydroxyl groups is 2. The van der Waals surface area contributed by atoms with Gasteiger partial charge in [0.25, 0.3) is 0 Å². The molecule has 0 saturated heterocycles. The summed E-state index contributed by atoms with van der Waals surface area (Å²) in [5.41, 5.74) is -0.00779. The molecule has 24 heavy (non-hydrogen) atoms. The van der Waals surface area contributed by atoms with Crippen LogP contribution in [0.15, 0.2) is 12.1 Å². The van der Waals surface area contributed by atoms with Crippen LogP contribution in [0, 0.1) is 29.6 Å². The molecule has 1 aromatic carbocycles. The van der Waals surface area contributed by atoms with E-state index in [1.54, 1.807) is 6.07 Å². The molecule has 0 radical (unpaired) electrons. The van der Waals surface area contributed by atoms with Gasteiger partial charge in [-0.1, -0.05) is 12.8 Å². The fourth-order valence-corrected chi connectivity index (χ4v) is 5.97. The maximum absolute atomic E-state index is 10.9. The molecule has 0 amide bonds. The van der Waals surface area contributed by atoms with Gasteiger partial charge < -0.3 is 20.4 Å². The number of benzene rings is 1. The Hall–Kier alpha value is -1.70. The van der Waals surface area contributed by atoms with Crippen molar-refractivity contribution in [2.75, 3.05) is 0 Å². The third-order valence-electron chi connectivity index (χ3n) is 7.22. The first-order valence-corrected chi connectivity index (χ1v) is 8.75. The topological polar surface area (TPSA) is 80.9 Å². The highest BCUT2D eigenvalue weighted by Crippen LogP contribution is 2.64. The van der Waals surface area contributed by atoms with Crippen LogP contribution in [0.25, 0.3) is 0 Å². The van der Waals surface area contributed by atoms with Gasteiger partial charge in [0.2, 0.25) is 0 Å². The van der Waals surface area contributed by atoms with E-state index in [9.17, 15) is 20.4 Å². The Bertz CT molecular complexity index is 736. The molecule has 3 aliphatic carbocycles. The van der Waals surface area contributed by atoms with Crippen LogP contribution in [-0.4, -0.2) is 32.1 Å². The van der Waals surface area contributed by atoms with Crippen LogP contribution < -0.4 is 0 Å². The van der Waals surface area contributed by atoms with Crippen molar-refractivity contribution in [3.8, 4) is 23.8 Å². The van der Waals surface area contributed by atoms with Crippen LogP contribution in [0.2, 0.25) is 0 Å². The molecule has 0 unspecified atom stereocenters. The number of terminal acetylenes is 1. The van der Waals surface area contributed by atoms with Gasteiger partial charge in [-0.2, -0.15) is 0 Å². The molecule has 3 aliphatic rings. The van der Waals surface area contributed by atoms with Gasteiger partial charge in [0.15, 0.2) is 5.60 Å². The van der Waals surface area contributed by atoms with E-state index in [4.69, 9.17) is 6.42 Å². The van der Waals surface area contributed by atoms with Gasteiger partial charge in [-0.25, -0.2) is 0 Å². The predicted molar refractivity (Wildman–Crippen MR) is 89.6 cm³/mol. The number of hydrogen-bond acceptors (Lipinski definition) is 4. The van der Waals surface area contributed by atoms with Crippen molar-refractivity contribution >= 4 is 0 Å². The van der Waals surface area contributed by atoms with Crippen LogP contribution in [0.3, 0.4) is 0 Å². The number of aliphatic hydroxyl groups excluding tert-OH is 1. The molecule has 128 valence electrons. The van der Waals surface area contributed by atoms with Gasteiger partial charge in [0.1, 0.15) is 11.5 Å². The van der Waals surface area contributed by atoms with Crippen molar-refractivity contribution < 1.29 is 20.4 Å². The first-order valence-electron chi connectivity index (χ1n) is 8.75. The summed E-state index contributed by atoms with van der Waals surface area (Å²) in [6.45, 7) is 2.01. The summed E-state index contributed by atoms with van der Waals surface area (Å²) in [5.74, 6) is 3.36. The molecule has 4 nitrogen and oxygen atoms in total. The standard InChI is InChI=1S/C20H24O4/c1-3-20(24)17(23)10-15-13-5-4-11-8-12(21)9-16(22)18(11)14(13)6-7-19(15,20)2/h1,8-9,13-15,17,21-24H,4-7,10H2,2H3/t13-,14-,15-,17+,19-,20-/m0/s1. The second-order valence-corrected chi connectivity index (χ2v) is 8.07. The van der Waals surface area contributed by atoms with E-state index in [1.807, 2.05) is 6.92 Å². The lowest BCUT2D eigenvalue weighted by molar-refractivity contribution is -0.101. The molecular weight excluding hydrogens is 304 g/mol. The van der Waals surface area contributed by atoms with Gasteiger partial charge in [-0.05, 0) is 61.5 Å². The fraction of sp³-hybridized carbons (Fsp3) is 0.600. The van der Waals surface area contributed by atoms with Crippen LogP contribution in [0.1, 0.15) is 49.7 Å². The van der Waals surface area contributed by atoms with E-state index in [2.05, 4.69) is 5.92 Å².